The predicted molar refractivity (Wildman–Crippen MR) is 67.2 cm³/mol. The number of fused-ring (bicyclic) bond motifs is 1. The van der Waals surface area contributed by atoms with Crippen LogP contribution in [0.2, 0.25) is 0 Å². The van der Waals surface area contributed by atoms with Crippen molar-refractivity contribution < 1.29 is 4.79 Å². The summed E-state index contributed by atoms with van der Waals surface area (Å²) in [5.41, 5.74) is 3.95. The van der Waals surface area contributed by atoms with Crippen molar-refractivity contribution in [2.75, 3.05) is 0 Å². The molecule has 0 saturated heterocycles. The summed E-state index contributed by atoms with van der Waals surface area (Å²) in [5.74, 6) is 0.968. The van der Waals surface area contributed by atoms with Gasteiger partial charge in [-0.1, -0.05) is 25.5 Å². The predicted octanol–water partition coefficient (Wildman–Crippen LogP) is 4.05. The minimum Gasteiger partial charge on any atom is -0.294 e. The second kappa shape index (κ2) is 3.87. The average molecular weight is 218 g/mol. The van der Waals surface area contributed by atoms with E-state index >= 15 is 0 Å². The van der Waals surface area contributed by atoms with E-state index in [0.29, 0.717) is 17.1 Å². The summed E-state index contributed by atoms with van der Waals surface area (Å²) in [6.45, 7) is 8.81. The molecule has 0 aromatic rings. The van der Waals surface area contributed by atoms with Crippen molar-refractivity contribution >= 4 is 5.78 Å². The molecule has 0 spiro atoms. The molecule has 1 saturated carbocycles. The van der Waals surface area contributed by atoms with Crippen LogP contribution in [0.4, 0.5) is 0 Å². The quantitative estimate of drug-likeness (QED) is 0.561. The Morgan fingerprint density at radius 1 is 1.38 bits per heavy atom. The highest BCUT2D eigenvalue weighted by Gasteiger charge is 2.40. The summed E-state index contributed by atoms with van der Waals surface area (Å²) in [6.07, 6.45) is 6.42. The van der Waals surface area contributed by atoms with E-state index in [2.05, 4.69) is 33.8 Å². The van der Waals surface area contributed by atoms with Gasteiger partial charge in [-0.3, -0.25) is 4.79 Å². The van der Waals surface area contributed by atoms with Crippen LogP contribution in [0.25, 0.3) is 0 Å². The van der Waals surface area contributed by atoms with Gasteiger partial charge in [0.2, 0.25) is 0 Å². The number of Topliss-reactive ketones (excluding diaryl/α,β-unsaturated/α-hetero) is 1. The van der Waals surface area contributed by atoms with Crippen LogP contribution in [0.3, 0.4) is 0 Å². The zero-order valence-corrected chi connectivity index (χ0v) is 10.9. The molecule has 0 aliphatic heterocycles. The van der Waals surface area contributed by atoms with Gasteiger partial charge in [0.1, 0.15) is 0 Å². The van der Waals surface area contributed by atoms with Crippen LogP contribution >= 0.6 is 0 Å². The Balaban J connectivity index is 2.46. The summed E-state index contributed by atoms with van der Waals surface area (Å²) in [7, 11) is 0. The maximum absolute atomic E-state index is 12.1. The SMILES string of the molecule is CC(C)=C1C(=O)CCCC2C1=CCC2(C)C. The van der Waals surface area contributed by atoms with Gasteiger partial charge in [-0.25, -0.2) is 0 Å². The first-order valence-electron chi connectivity index (χ1n) is 6.34. The van der Waals surface area contributed by atoms with E-state index in [0.717, 1.165) is 24.8 Å². The fourth-order valence-corrected chi connectivity index (χ4v) is 3.22. The van der Waals surface area contributed by atoms with Crippen LogP contribution in [-0.4, -0.2) is 5.78 Å². The van der Waals surface area contributed by atoms with Crippen molar-refractivity contribution in [3.63, 3.8) is 0 Å². The largest absolute Gasteiger partial charge is 0.294 e. The molecule has 1 heteroatoms. The molecule has 0 amide bonds. The molecule has 0 aromatic carbocycles. The first-order chi connectivity index (χ1) is 7.43. The van der Waals surface area contributed by atoms with E-state index in [1.54, 1.807) is 0 Å². The van der Waals surface area contributed by atoms with Gasteiger partial charge in [0.05, 0.1) is 0 Å². The Morgan fingerprint density at radius 2 is 2.06 bits per heavy atom. The van der Waals surface area contributed by atoms with Crippen molar-refractivity contribution in [1.29, 1.82) is 0 Å². The highest BCUT2D eigenvalue weighted by atomic mass is 16.1. The third kappa shape index (κ3) is 1.77. The number of rotatable bonds is 0. The van der Waals surface area contributed by atoms with Crippen molar-refractivity contribution in [2.45, 2.75) is 53.4 Å². The van der Waals surface area contributed by atoms with Crippen LogP contribution < -0.4 is 0 Å². The van der Waals surface area contributed by atoms with Gasteiger partial charge in [0.15, 0.2) is 5.78 Å². The Kier molecular flexibility index (Phi) is 2.81. The van der Waals surface area contributed by atoms with Crippen molar-refractivity contribution in [1.82, 2.24) is 0 Å². The van der Waals surface area contributed by atoms with Crippen molar-refractivity contribution in [3.8, 4) is 0 Å². The minimum absolute atomic E-state index is 0.348. The van der Waals surface area contributed by atoms with Crippen LogP contribution in [0, 0.1) is 11.3 Å². The summed E-state index contributed by atoms with van der Waals surface area (Å²) in [4.78, 5) is 12.1. The second-order valence-corrected chi connectivity index (χ2v) is 6.10. The number of allylic oxidation sites excluding steroid dienone is 4. The Labute approximate surface area is 98.6 Å². The number of hydrogen-bond donors (Lipinski definition) is 0. The standard InChI is InChI=1S/C15H22O/c1-10(2)14-11-8-9-15(3,4)12(11)6-5-7-13(14)16/h8,12H,5-7,9H2,1-4H3. The highest BCUT2D eigenvalue weighted by Crippen LogP contribution is 2.49. The Morgan fingerprint density at radius 3 is 2.69 bits per heavy atom. The first kappa shape index (κ1) is 11.6. The maximum Gasteiger partial charge on any atom is 0.163 e. The molecule has 1 nitrogen and oxygen atoms in total. The summed E-state index contributed by atoms with van der Waals surface area (Å²) in [6, 6.07) is 0. The molecule has 1 fully saturated rings. The van der Waals surface area contributed by atoms with Gasteiger partial charge < -0.3 is 0 Å². The highest BCUT2D eigenvalue weighted by molar-refractivity contribution is 6.00. The molecule has 1 unspecified atom stereocenters. The van der Waals surface area contributed by atoms with Gasteiger partial charge in [-0.2, -0.15) is 0 Å². The van der Waals surface area contributed by atoms with E-state index in [-0.39, 0.29) is 0 Å². The normalized spacial score (nSPS) is 28.5. The summed E-state index contributed by atoms with van der Waals surface area (Å²) >= 11 is 0. The fourth-order valence-electron chi connectivity index (χ4n) is 3.22. The fraction of sp³-hybridized carbons (Fsp3) is 0.667. The zero-order chi connectivity index (χ0) is 11.9. The molecule has 16 heavy (non-hydrogen) atoms. The Hall–Kier alpha value is -0.850. The van der Waals surface area contributed by atoms with Gasteiger partial charge >= 0.3 is 0 Å². The first-order valence-corrected chi connectivity index (χ1v) is 6.34. The zero-order valence-electron chi connectivity index (χ0n) is 10.9. The number of ketones is 1. The smallest absolute Gasteiger partial charge is 0.163 e. The lowest BCUT2D eigenvalue weighted by Crippen LogP contribution is -2.20. The lowest BCUT2D eigenvalue weighted by atomic mass is 9.75. The Bertz CT molecular complexity index is 378. The molecule has 2 aliphatic carbocycles. The average Bonchev–Trinajstić information content (AvgIpc) is 2.38. The van der Waals surface area contributed by atoms with Crippen LogP contribution in [-0.2, 0) is 4.79 Å². The van der Waals surface area contributed by atoms with Crippen LogP contribution in [0.5, 0.6) is 0 Å². The van der Waals surface area contributed by atoms with Gasteiger partial charge in [0, 0.05) is 12.0 Å². The van der Waals surface area contributed by atoms with Crippen LogP contribution in [0.15, 0.2) is 22.8 Å². The van der Waals surface area contributed by atoms with E-state index in [9.17, 15) is 4.79 Å². The van der Waals surface area contributed by atoms with Crippen LogP contribution in [0.1, 0.15) is 53.4 Å². The van der Waals surface area contributed by atoms with E-state index in [1.165, 1.54) is 17.6 Å². The molecule has 0 N–H and O–H groups in total. The number of carbonyl (C=O) groups excluding carboxylic acids is 1. The van der Waals surface area contributed by atoms with E-state index < -0.39 is 0 Å². The molecule has 0 heterocycles. The molecule has 2 rings (SSSR count). The molecule has 0 radical (unpaired) electrons. The minimum atomic E-state index is 0.348. The summed E-state index contributed by atoms with van der Waals surface area (Å²) < 4.78 is 0. The van der Waals surface area contributed by atoms with E-state index in [1.807, 2.05) is 0 Å². The number of hydrogen-bond acceptors (Lipinski definition) is 1. The van der Waals surface area contributed by atoms with Gasteiger partial charge in [-0.05, 0) is 50.0 Å². The second-order valence-electron chi connectivity index (χ2n) is 6.10. The molecule has 0 aromatic heterocycles. The monoisotopic (exact) mass is 218 g/mol. The topological polar surface area (TPSA) is 17.1 Å². The third-order valence-corrected chi connectivity index (χ3v) is 4.13. The van der Waals surface area contributed by atoms with Crippen molar-refractivity contribution in [2.24, 2.45) is 11.3 Å². The maximum atomic E-state index is 12.1. The number of carbonyl (C=O) groups is 1. The van der Waals surface area contributed by atoms with Crippen molar-refractivity contribution in [3.05, 3.63) is 22.8 Å². The third-order valence-electron chi connectivity index (χ3n) is 4.13. The molecule has 88 valence electrons. The molecular formula is C15H22O. The van der Waals surface area contributed by atoms with Gasteiger partial charge in [-0.15, -0.1) is 0 Å². The molecular weight excluding hydrogens is 196 g/mol. The molecule has 2 aliphatic rings. The summed E-state index contributed by atoms with van der Waals surface area (Å²) in [5, 5.41) is 0. The lowest BCUT2D eigenvalue weighted by Gasteiger charge is -2.29. The lowest BCUT2D eigenvalue weighted by molar-refractivity contribution is -0.115. The van der Waals surface area contributed by atoms with Gasteiger partial charge in [0.25, 0.3) is 0 Å². The molecule has 0 bridgehead atoms. The van der Waals surface area contributed by atoms with E-state index in [4.69, 9.17) is 0 Å². The molecule has 1 atom stereocenters.